The number of ether oxygens (including phenoxy) is 2. The molecular weight excluding hydrogens is 410 g/mol. The van der Waals surface area contributed by atoms with E-state index >= 15 is 0 Å². The van der Waals surface area contributed by atoms with Crippen LogP contribution in [0.3, 0.4) is 0 Å². The smallest absolute Gasteiger partial charge is 0.344 e. The molecule has 0 aromatic heterocycles. The van der Waals surface area contributed by atoms with Crippen molar-refractivity contribution in [2.75, 3.05) is 44.7 Å². The van der Waals surface area contributed by atoms with Crippen LogP contribution in [-0.2, 0) is 27.2 Å². The Morgan fingerprint density at radius 1 is 0.844 bits per heavy atom. The van der Waals surface area contributed by atoms with E-state index in [-0.39, 0.29) is 25.2 Å². The van der Waals surface area contributed by atoms with E-state index in [4.69, 9.17) is 9.47 Å². The average Bonchev–Trinajstić information content (AvgIpc) is 3.30. The minimum atomic E-state index is -0.584. The van der Waals surface area contributed by atoms with E-state index in [9.17, 15) is 14.4 Å². The highest BCUT2D eigenvalue weighted by Gasteiger charge is 2.25. The van der Waals surface area contributed by atoms with Gasteiger partial charge in [-0.05, 0) is 54.7 Å². The lowest BCUT2D eigenvalue weighted by molar-refractivity contribution is -0.154. The highest BCUT2D eigenvalue weighted by molar-refractivity contribution is 5.89. The standard InChI is InChI=1S/C24H27N3O5/c28-22(16-32-23(29)17-31-21-10-9-18-5-4-6-19(18)15-21)26-11-13-27(14-12-26)24(30)25-20-7-2-1-3-8-20/h1-3,7-10,15H,4-6,11-14,16-17H2,(H,25,30). The summed E-state index contributed by atoms with van der Waals surface area (Å²) < 4.78 is 10.6. The Bertz CT molecular complexity index is 971. The van der Waals surface area contributed by atoms with Gasteiger partial charge in [0, 0.05) is 31.9 Å². The molecule has 1 N–H and O–H groups in total. The lowest BCUT2D eigenvalue weighted by Crippen LogP contribution is -2.52. The number of piperazine rings is 1. The van der Waals surface area contributed by atoms with Crippen molar-refractivity contribution in [2.24, 2.45) is 0 Å². The maximum atomic E-state index is 12.4. The molecule has 2 aromatic carbocycles. The van der Waals surface area contributed by atoms with Crippen LogP contribution in [-0.4, -0.2) is 67.1 Å². The van der Waals surface area contributed by atoms with Crippen molar-refractivity contribution < 1.29 is 23.9 Å². The van der Waals surface area contributed by atoms with Gasteiger partial charge in [0.15, 0.2) is 13.2 Å². The zero-order valence-corrected chi connectivity index (χ0v) is 17.9. The number of para-hydroxylation sites is 1. The van der Waals surface area contributed by atoms with Gasteiger partial charge in [0.25, 0.3) is 5.91 Å². The number of nitrogens with one attached hydrogen (secondary N) is 1. The molecular formula is C24H27N3O5. The lowest BCUT2D eigenvalue weighted by Gasteiger charge is -2.34. The van der Waals surface area contributed by atoms with E-state index in [1.54, 1.807) is 9.80 Å². The molecule has 1 aliphatic carbocycles. The number of urea groups is 1. The normalized spacial score (nSPS) is 15.1. The number of hydrogen-bond acceptors (Lipinski definition) is 5. The van der Waals surface area contributed by atoms with Gasteiger partial charge < -0.3 is 24.6 Å². The van der Waals surface area contributed by atoms with Crippen LogP contribution in [0.15, 0.2) is 48.5 Å². The van der Waals surface area contributed by atoms with Crippen molar-refractivity contribution in [2.45, 2.75) is 19.3 Å². The number of benzene rings is 2. The first-order valence-electron chi connectivity index (χ1n) is 10.9. The van der Waals surface area contributed by atoms with E-state index in [1.807, 2.05) is 48.5 Å². The van der Waals surface area contributed by atoms with Crippen molar-refractivity contribution in [3.63, 3.8) is 0 Å². The zero-order valence-electron chi connectivity index (χ0n) is 17.9. The fraction of sp³-hybridized carbons (Fsp3) is 0.375. The third kappa shape index (κ3) is 5.57. The summed E-state index contributed by atoms with van der Waals surface area (Å²) in [6.07, 6.45) is 3.27. The van der Waals surface area contributed by atoms with Gasteiger partial charge in [0.05, 0.1) is 0 Å². The minimum absolute atomic E-state index is 0.196. The van der Waals surface area contributed by atoms with Crippen LogP contribution in [0, 0.1) is 0 Å². The van der Waals surface area contributed by atoms with Crippen molar-refractivity contribution >= 4 is 23.6 Å². The maximum absolute atomic E-state index is 12.4. The highest BCUT2D eigenvalue weighted by atomic mass is 16.6. The number of carbonyl (C=O) groups is 3. The van der Waals surface area contributed by atoms with Crippen LogP contribution >= 0.6 is 0 Å². The Labute approximate surface area is 187 Å². The number of fused-ring (bicyclic) bond motifs is 1. The van der Waals surface area contributed by atoms with Crippen LogP contribution in [0.1, 0.15) is 17.5 Å². The van der Waals surface area contributed by atoms with Gasteiger partial charge in [0.1, 0.15) is 5.75 Å². The van der Waals surface area contributed by atoms with E-state index in [0.29, 0.717) is 31.9 Å². The Balaban J connectivity index is 1.15. The first-order chi connectivity index (χ1) is 15.6. The maximum Gasteiger partial charge on any atom is 0.344 e. The topological polar surface area (TPSA) is 88.2 Å². The summed E-state index contributed by atoms with van der Waals surface area (Å²) in [7, 11) is 0. The fourth-order valence-corrected chi connectivity index (χ4v) is 3.94. The second-order valence-corrected chi connectivity index (χ2v) is 7.90. The molecule has 4 rings (SSSR count). The SMILES string of the molecule is O=C(COc1ccc2c(c1)CCC2)OCC(=O)N1CCN(C(=O)Nc2ccccc2)CC1. The molecule has 2 aromatic rings. The minimum Gasteiger partial charge on any atom is -0.482 e. The number of anilines is 1. The molecule has 0 spiro atoms. The Morgan fingerprint density at radius 2 is 1.56 bits per heavy atom. The predicted molar refractivity (Wildman–Crippen MR) is 119 cm³/mol. The summed E-state index contributed by atoms with van der Waals surface area (Å²) in [6, 6.07) is 14.9. The summed E-state index contributed by atoms with van der Waals surface area (Å²) in [5.74, 6) is -0.224. The Hall–Kier alpha value is -3.55. The molecule has 1 fully saturated rings. The van der Waals surface area contributed by atoms with Crippen molar-refractivity contribution in [3.05, 3.63) is 59.7 Å². The van der Waals surface area contributed by atoms with Gasteiger partial charge in [-0.15, -0.1) is 0 Å². The summed E-state index contributed by atoms with van der Waals surface area (Å²) in [5.41, 5.74) is 3.33. The van der Waals surface area contributed by atoms with Crippen LogP contribution < -0.4 is 10.1 Å². The van der Waals surface area contributed by atoms with Crippen molar-refractivity contribution in [1.29, 1.82) is 0 Å². The zero-order chi connectivity index (χ0) is 22.3. The van der Waals surface area contributed by atoms with E-state index in [0.717, 1.165) is 24.9 Å². The van der Waals surface area contributed by atoms with E-state index < -0.39 is 5.97 Å². The molecule has 1 saturated heterocycles. The number of hydrogen-bond donors (Lipinski definition) is 1. The number of amides is 3. The fourth-order valence-electron chi connectivity index (χ4n) is 3.94. The molecule has 8 heteroatoms. The molecule has 2 aliphatic rings. The number of aryl methyl sites for hydroxylation is 2. The Morgan fingerprint density at radius 3 is 2.34 bits per heavy atom. The highest BCUT2D eigenvalue weighted by Crippen LogP contribution is 2.26. The lowest BCUT2D eigenvalue weighted by atomic mass is 10.1. The molecule has 0 bridgehead atoms. The second kappa shape index (κ2) is 10.2. The van der Waals surface area contributed by atoms with E-state index in [2.05, 4.69) is 5.32 Å². The summed E-state index contributed by atoms with van der Waals surface area (Å²) in [4.78, 5) is 39.9. The molecule has 1 aliphatic heterocycles. The van der Waals surface area contributed by atoms with Crippen LogP contribution in [0.2, 0.25) is 0 Å². The summed E-state index contributed by atoms with van der Waals surface area (Å²) in [6.45, 7) is 1.05. The van der Waals surface area contributed by atoms with Gasteiger partial charge in [-0.2, -0.15) is 0 Å². The second-order valence-electron chi connectivity index (χ2n) is 7.90. The molecule has 32 heavy (non-hydrogen) atoms. The summed E-state index contributed by atoms with van der Waals surface area (Å²) in [5, 5.41) is 2.84. The van der Waals surface area contributed by atoms with Crippen LogP contribution in [0.25, 0.3) is 0 Å². The predicted octanol–water partition coefficient (Wildman–Crippen LogP) is 2.47. The molecule has 0 unspecified atom stereocenters. The molecule has 0 saturated carbocycles. The molecule has 1 heterocycles. The van der Waals surface area contributed by atoms with Crippen molar-refractivity contribution in [1.82, 2.24) is 9.80 Å². The molecule has 8 nitrogen and oxygen atoms in total. The molecule has 3 amide bonds. The number of nitrogens with zero attached hydrogens (tertiary/aromatic N) is 2. The van der Waals surface area contributed by atoms with Gasteiger partial charge >= 0.3 is 12.0 Å². The number of carbonyl (C=O) groups excluding carboxylic acids is 3. The molecule has 0 atom stereocenters. The quantitative estimate of drug-likeness (QED) is 0.702. The largest absolute Gasteiger partial charge is 0.482 e. The van der Waals surface area contributed by atoms with Gasteiger partial charge in [-0.1, -0.05) is 24.3 Å². The van der Waals surface area contributed by atoms with Gasteiger partial charge in [-0.25, -0.2) is 9.59 Å². The Kier molecular flexibility index (Phi) is 6.89. The van der Waals surface area contributed by atoms with Crippen LogP contribution in [0.5, 0.6) is 5.75 Å². The molecule has 0 radical (unpaired) electrons. The molecule has 168 valence electrons. The van der Waals surface area contributed by atoms with Crippen LogP contribution in [0.4, 0.5) is 10.5 Å². The average molecular weight is 437 g/mol. The number of esters is 1. The number of rotatable bonds is 6. The first kappa shape index (κ1) is 21.7. The third-order valence-electron chi connectivity index (χ3n) is 5.73. The van der Waals surface area contributed by atoms with Gasteiger partial charge in [0.2, 0.25) is 0 Å². The third-order valence-corrected chi connectivity index (χ3v) is 5.73. The van der Waals surface area contributed by atoms with Gasteiger partial charge in [-0.3, -0.25) is 4.79 Å². The monoisotopic (exact) mass is 437 g/mol. The first-order valence-corrected chi connectivity index (χ1v) is 10.9. The van der Waals surface area contributed by atoms with E-state index in [1.165, 1.54) is 11.1 Å². The summed E-state index contributed by atoms with van der Waals surface area (Å²) >= 11 is 0. The van der Waals surface area contributed by atoms with Crippen molar-refractivity contribution in [3.8, 4) is 5.75 Å².